The summed E-state index contributed by atoms with van der Waals surface area (Å²) in [5.41, 5.74) is 6.07. The highest BCUT2D eigenvalue weighted by molar-refractivity contribution is 5.08. The Morgan fingerprint density at radius 1 is 1.40 bits per heavy atom. The van der Waals surface area contributed by atoms with Gasteiger partial charge in [-0.05, 0) is 25.8 Å². The molecule has 0 aromatic carbocycles. The van der Waals surface area contributed by atoms with Gasteiger partial charge in [0.1, 0.15) is 0 Å². The van der Waals surface area contributed by atoms with E-state index in [0.29, 0.717) is 18.5 Å². The molecule has 0 unspecified atom stereocenters. The van der Waals surface area contributed by atoms with Crippen LogP contribution in [0.3, 0.4) is 0 Å². The summed E-state index contributed by atoms with van der Waals surface area (Å²) in [6, 6.07) is 0.269. The Bertz CT molecular complexity index is 316. The molecule has 0 aliphatic heterocycles. The molecule has 1 aromatic rings. The first-order valence-electron chi connectivity index (χ1n) is 5.75. The lowest BCUT2D eigenvalue weighted by molar-refractivity contribution is 0.291. The molecule has 0 bridgehead atoms. The summed E-state index contributed by atoms with van der Waals surface area (Å²) < 4.78 is 15.4. The second kappa shape index (κ2) is 4.75. The molecule has 0 saturated heterocycles. The van der Waals surface area contributed by atoms with Gasteiger partial charge in [-0.25, -0.2) is 4.68 Å². The zero-order valence-electron chi connectivity index (χ0n) is 8.95. The fraction of sp³-hybridized carbons (Fsp3) is 0.727. The van der Waals surface area contributed by atoms with Crippen molar-refractivity contribution in [1.82, 2.24) is 9.78 Å². The predicted molar refractivity (Wildman–Crippen MR) is 57.1 cm³/mol. The number of halogens is 1. The van der Waals surface area contributed by atoms with E-state index in [-0.39, 0.29) is 12.0 Å². The SMILES string of the molecule is NCCc1cnn(C2CCCCC2)c1F. The van der Waals surface area contributed by atoms with Gasteiger partial charge in [-0.3, -0.25) is 0 Å². The van der Waals surface area contributed by atoms with Crippen molar-refractivity contribution < 1.29 is 4.39 Å². The first kappa shape index (κ1) is 10.6. The van der Waals surface area contributed by atoms with Crippen molar-refractivity contribution in [1.29, 1.82) is 0 Å². The molecule has 1 aliphatic carbocycles. The van der Waals surface area contributed by atoms with Crippen LogP contribution in [0.1, 0.15) is 43.7 Å². The van der Waals surface area contributed by atoms with Crippen molar-refractivity contribution >= 4 is 0 Å². The topological polar surface area (TPSA) is 43.8 Å². The van der Waals surface area contributed by atoms with E-state index in [1.54, 1.807) is 10.9 Å². The smallest absolute Gasteiger partial charge is 0.214 e. The van der Waals surface area contributed by atoms with Gasteiger partial charge in [0.25, 0.3) is 0 Å². The fourth-order valence-corrected chi connectivity index (χ4v) is 2.29. The van der Waals surface area contributed by atoms with Crippen LogP contribution < -0.4 is 5.73 Å². The third-order valence-corrected chi connectivity index (χ3v) is 3.14. The highest BCUT2D eigenvalue weighted by Gasteiger charge is 2.20. The van der Waals surface area contributed by atoms with Crippen molar-refractivity contribution in [2.75, 3.05) is 6.54 Å². The van der Waals surface area contributed by atoms with Gasteiger partial charge in [-0.15, -0.1) is 0 Å². The molecule has 4 heteroatoms. The summed E-state index contributed by atoms with van der Waals surface area (Å²) in [6.07, 6.45) is 7.97. The van der Waals surface area contributed by atoms with Crippen LogP contribution >= 0.6 is 0 Å². The molecule has 0 spiro atoms. The molecule has 0 radical (unpaired) electrons. The molecule has 0 amide bonds. The Kier molecular flexibility index (Phi) is 3.36. The second-order valence-corrected chi connectivity index (χ2v) is 4.24. The van der Waals surface area contributed by atoms with E-state index in [9.17, 15) is 4.39 Å². The monoisotopic (exact) mass is 211 g/mol. The third-order valence-electron chi connectivity index (χ3n) is 3.14. The van der Waals surface area contributed by atoms with Crippen LogP contribution in [0.2, 0.25) is 0 Å². The molecular formula is C11H18FN3. The molecule has 1 aliphatic rings. The van der Waals surface area contributed by atoms with Crippen molar-refractivity contribution in [3.63, 3.8) is 0 Å². The van der Waals surface area contributed by atoms with Gasteiger partial charge in [0.2, 0.25) is 5.95 Å². The highest BCUT2D eigenvalue weighted by atomic mass is 19.1. The van der Waals surface area contributed by atoms with E-state index in [1.165, 1.54) is 19.3 Å². The number of hydrogen-bond acceptors (Lipinski definition) is 2. The van der Waals surface area contributed by atoms with Crippen LogP contribution in [0, 0.1) is 5.95 Å². The summed E-state index contributed by atoms with van der Waals surface area (Å²) in [5.74, 6) is -0.174. The minimum absolute atomic E-state index is 0.174. The zero-order chi connectivity index (χ0) is 10.7. The largest absolute Gasteiger partial charge is 0.330 e. The van der Waals surface area contributed by atoms with Crippen molar-refractivity contribution in [2.45, 2.75) is 44.6 Å². The Hall–Kier alpha value is -0.900. The normalized spacial score (nSPS) is 18.3. The summed E-state index contributed by atoms with van der Waals surface area (Å²) >= 11 is 0. The van der Waals surface area contributed by atoms with Gasteiger partial charge in [-0.1, -0.05) is 19.3 Å². The van der Waals surface area contributed by atoms with E-state index in [1.807, 2.05) is 0 Å². The van der Waals surface area contributed by atoms with Gasteiger partial charge in [0.05, 0.1) is 12.2 Å². The summed E-state index contributed by atoms with van der Waals surface area (Å²) in [7, 11) is 0. The van der Waals surface area contributed by atoms with Crippen LogP contribution in [0.25, 0.3) is 0 Å². The maximum Gasteiger partial charge on any atom is 0.214 e. The molecule has 84 valence electrons. The lowest BCUT2D eigenvalue weighted by Crippen LogP contribution is -2.16. The maximum absolute atomic E-state index is 13.8. The van der Waals surface area contributed by atoms with Crippen LogP contribution in [0.15, 0.2) is 6.20 Å². The lowest BCUT2D eigenvalue weighted by atomic mass is 9.96. The maximum atomic E-state index is 13.8. The molecule has 1 heterocycles. The molecule has 1 aromatic heterocycles. The number of nitrogens with zero attached hydrogens (tertiary/aromatic N) is 2. The minimum atomic E-state index is -0.174. The second-order valence-electron chi connectivity index (χ2n) is 4.24. The fourth-order valence-electron chi connectivity index (χ4n) is 2.29. The Labute approximate surface area is 89.5 Å². The number of hydrogen-bond donors (Lipinski definition) is 1. The van der Waals surface area contributed by atoms with Gasteiger partial charge in [0.15, 0.2) is 0 Å². The minimum Gasteiger partial charge on any atom is -0.330 e. The molecule has 0 atom stereocenters. The summed E-state index contributed by atoms with van der Waals surface area (Å²) in [5, 5.41) is 4.14. The van der Waals surface area contributed by atoms with E-state index in [0.717, 1.165) is 12.8 Å². The molecule has 3 nitrogen and oxygen atoms in total. The van der Waals surface area contributed by atoms with Gasteiger partial charge in [-0.2, -0.15) is 9.49 Å². The predicted octanol–water partition coefficient (Wildman–Crippen LogP) is 2.03. The van der Waals surface area contributed by atoms with E-state index in [4.69, 9.17) is 5.73 Å². The average Bonchev–Trinajstić information content (AvgIpc) is 2.63. The van der Waals surface area contributed by atoms with Crippen LogP contribution in [0.5, 0.6) is 0 Å². The van der Waals surface area contributed by atoms with E-state index < -0.39 is 0 Å². The number of rotatable bonds is 3. The quantitative estimate of drug-likeness (QED) is 0.831. The standard InChI is InChI=1S/C11H18FN3/c12-11-9(6-7-13)8-14-15(11)10-4-2-1-3-5-10/h8,10H,1-7,13H2. The number of aromatic nitrogens is 2. The van der Waals surface area contributed by atoms with Crippen LogP contribution in [-0.2, 0) is 6.42 Å². The summed E-state index contributed by atoms with van der Waals surface area (Å²) in [6.45, 7) is 0.479. The molecule has 2 rings (SSSR count). The van der Waals surface area contributed by atoms with Crippen LogP contribution in [-0.4, -0.2) is 16.3 Å². The van der Waals surface area contributed by atoms with Crippen molar-refractivity contribution in [2.24, 2.45) is 5.73 Å². The lowest BCUT2D eigenvalue weighted by Gasteiger charge is -2.22. The first-order chi connectivity index (χ1) is 7.33. The Morgan fingerprint density at radius 3 is 2.80 bits per heavy atom. The van der Waals surface area contributed by atoms with Crippen molar-refractivity contribution in [3.8, 4) is 0 Å². The highest BCUT2D eigenvalue weighted by Crippen LogP contribution is 2.28. The van der Waals surface area contributed by atoms with Gasteiger partial charge in [0, 0.05) is 5.56 Å². The third kappa shape index (κ3) is 2.20. The molecular weight excluding hydrogens is 193 g/mol. The van der Waals surface area contributed by atoms with Gasteiger partial charge < -0.3 is 5.73 Å². The number of nitrogens with two attached hydrogens (primary N) is 1. The van der Waals surface area contributed by atoms with E-state index >= 15 is 0 Å². The Morgan fingerprint density at radius 2 is 2.13 bits per heavy atom. The molecule has 2 N–H and O–H groups in total. The van der Waals surface area contributed by atoms with Crippen molar-refractivity contribution in [3.05, 3.63) is 17.7 Å². The molecule has 1 saturated carbocycles. The van der Waals surface area contributed by atoms with Gasteiger partial charge >= 0.3 is 0 Å². The Balaban J connectivity index is 2.13. The average molecular weight is 211 g/mol. The molecule has 15 heavy (non-hydrogen) atoms. The van der Waals surface area contributed by atoms with E-state index in [2.05, 4.69) is 5.10 Å². The van der Waals surface area contributed by atoms with Crippen LogP contribution in [0.4, 0.5) is 4.39 Å². The zero-order valence-corrected chi connectivity index (χ0v) is 8.95. The molecule has 1 fully saturated rings. The summed E-state index contributed by atoms with van der Waals surface area (Å²) in [4.78, 5) is 0. The first-order valence-corrected chi connectivity index (χ1v) is 5.75.